The van der Waals surface area contributed by atoms with Crippen LogP contribution < -0.4 is 16.3 Å². The lowest BCUT2D eigenvalue weighted by Crippen LogP contribution is -2.40. The number of guanidine groups is 1. The zero-order valence-electron chi connectivity index (χ0n) is 15.3. The van der Waals surface area contributed by atoms with Crippen molar-refractivity contribution in [2.75, 3.05) is 20.1 Å². The lowest BCUT2D eigenvalue weighted by atomic mass is 10.0. The molecule has 24 heavy (non-hydrogen) atoms. The molecule has 2 rings (SSSR count). The third-order valence-corrected chi connectivity index (χ3v) is 4.81. The number of aliphatic imine (C=N–C) groups is 1. The molecule has 0 saturated heterocycles. The molecule has 0 atom stereocenters. The maximum atomic E-state index is 12.2. The van der Waals surface area contributed by atoms with Crippen LogP contribution in [-0.2, 0) is 19.5 Å². The smallest absolute Gasteiger partial charge is 0.345 e. The van der Waals surface area contributed by atoms with E-state index in [0.717, 1.165) is 57.1 Å². The quantitative estimate of drug-likeness (QED) is 0.427. The first-order valence-electron chi connectivity index (χ1n) is 9.30. The maximum Gasteiger partial charge on any atom is 0.345 e. The zero-order valence-corrected chi connectivity index (χ0v) is 15.3. The van der Waals surface area contributed by atoms with Crippen molar-refractivity contribution in [1.82, 2.24) is 25.0 Å². The topological polar surface area (TPSA) is 76.2 Å². The van der Waals surface area contributed by atoms with Crippen molar-refractivity contribution >= 4 is 5.96 Å². The lowest BCUT2D eigenvalue weighted by molar-refractivity contribution is 0.480. The van der Waals surface area contributed by atoms with Crippen molar-refractivity contribution in [3.05, 3.63) is 16.3 Å². The summed E-state index contributed by atoms with van der Waals surface area (Å²) in [5.74, 6) is 2.46. The fraction of sp³-hybridized carbons (Fsp3) is 0.824. The molecule has 7 nitrogen and oxygen atoms in total. The van der Waals surface area contributed by atoms with Crippen LogP contribution in [0.2, 0.25) is 0 Å². The van der Waals surface area contributed by atoms with Crippen LogP contribution in [0.1, 0.15) is 51.8 Å². The number of aromatic nitrogens is 3. The van der Waals surface area contributed by atoms with Gasteiger partial charge in [-0.15, -0.1) is 0 Å². The van der Waals surface area contributed by atoms with Crippen molar-refractivity contribution in [3.63, 3.8) is 0 Å². The molecular formula is C17H32N6O. The Hall–Kier alpha value is -1.79. The molecule has 0 saturated carbocycles. The fourth-order valence-electron chi connectivity index (χ4n) is 3.07. The van der Waals surface area contributed by atoms with E-state index in [9.17, 15) is 4.79 Å². The number of aryl methyl sites for hydroxylation is 2. The van der Waals surface area contributed by atoms with E-state index in [-0.39, 0.29) is 5.69 Å². The number of fused-ring (bicyclic) bond motifs is 1. The van der Waals surface area contributed by atoms with E-state index in [4.69, 9.17) is 0 Å². The first kappa shape index (κ1) is 18.5. The Bertz CT molecular complexity index is 584. The van der Waals surface area contributed by atoms with Gasteiger partial charge in [-0.1, -0.05) is 26.7 Å². The van der Waals surface area contributed by atoms with Gasteiger partial charge in [-0.25, -0.2) is 9.48 Å². The second-order valence-corrected chi connectivity index (χ2v) is 6.45. The first-order chi connectivity index (χ1) is 11.7. The third-order valence-electron chi connectivity index (χ3n) is 4.81. The highest BCUT2D eigenvalue weighted by molar-refractivity contribution is 5.79. The Morgan fingerprint density at radius 1 is 1.29 bits per heavy atom. The van der Waals surface area contributed by atoms with Gasteiger partial charge in [0.1, 0.15) is 5.82 Å². The van der Waals surface area contributed by atoms with Crippen LogP contribution in [0.3, 0.4) is 0 Å². The minimum absolute atomic E-state index is 0.0425. The van der Waals surface area contributed by atoms with E-state index in [1.807, 2.05) is 4.57 Å². The van der Waals surface area contributed by atoms with E-state index in [1.54, 1.807) is 11.7 Å². The van der Waals surface area contributed by atoms with Crippen LogP contribution in [0.25, 0.3) is 0 Å². The monoisotopic (exact) mass is 336 g/mol. The minimum atomic E-state index is 0.0425. The molecular weight excluding hydrogens is 304 g/mol. The summed E-state index contributed by atoms with van der Waals surface area (Å²) >= 11 is 0. The van der Waals surface area contributed by atoms with Crippen LogP contribution in [0.4, 0.5) is 0 Å². The Morgan fingerprint density at radius 2 is 2.08 bits per heavy atom. The highest BCUT2D eigenvalue weighted by Gasteiger charge is 2.16. The Labute approximate surface area is 144 Å². The van der Waals surface area contributed by atoms with Crippen LogP contribution in [-0.4, -0.2) is 40.4 Å². The van der Waals surface area contributed by atoms with Crippen LogP contribution in [0.15, 0.2) is 9.79 Å². The molecule has 7 heteroatoms. The summed E-state index contributed by atoms with van der Waals surface area (Å²) in [5.41, 5.74) is 0.0425. The van der Waals surface area contributed by atoms with Crippen LogP contribution in [0.5, 0.6) is 0 Å². The summed E-state index contributed by atoms with van der Waals surface area (Å²) < 4.78 is 3.44. The molecule has 0 aromatic carbocycles. The maximum absolute atomic E-state index is 12.2. The third kappa shape index (κ3) is 4.85. The number of rotatable bonds is 8. The molecule has 1 aliphatic heterocycles. The summed E-state index contributed by atoms with van der Waals surface area (Å²) in [4.78, 5) is 16.5. The average Bonchev–Trinajstić information content (AvgIpc) is 2.94. The van der Waals surface area contributed by atoms with Crippen molar-refractivity contribution in [2.24, 2.45) is 10.9 Å². The molecule has 0 spiro atoms. The highest BCUT2D eigenvalue weighted by atomic mass is 16.2. The van der Waals surface area contributed by atoms with Gasteiger partial charge >= 0.3 is 5.69 Å². The van der Waals surface area contributed by atoms with Gasteiger partial charge in [-0.2, -0.15) is 5.10 Å². The predicted octanol–water partition coefficient (Wildman–Crippen LogP) is 1.37. The van der Waals surface area contributed by atoms with Gasteiger partial charge in [-0.05, 0) is 25.2 Å². The van der Waals surface area contributed by atoms with Crippen molar-refractivity contribution < 1.29 is 0 Å². The molecule has 0 amide bonds. The standard InChI is InChI=1S/C17H32N6O/c1-4-14(5-2)13-20-16(18-3)19-10-8-12-23-17(24)22-11-7-6-9-15(22)21-23/h14H,4-13H2,1-3H3,(H2,18,19,20). The average molecular weight is 336 g/mol. The molecule has 2 heterocycles. The van der Waals surface area contributed by atoms with E-state index >= 15 is 0 Å². The summed E-state index contributed by atoms with van der Waals surface area (Å²) in [5, 5.41) is 11.1. The first-order valence-corrected chi connectivity index (χ1v) is 9.30. The summed E-state index contributed by atoms with van der Waals surface area (Å²) in [6.45, 7) is 7.62. The van der Waals surface area contributed by atoms with Gasteiger partial charge in [0.25, 0.3) is 0 Å². The molecule has 0 bridgehead atoms. The Morgan fingerprint density at radius 3 is 2.75 bits per heavy atom. The molecule has 0 aliphatic carbocycles. The number of hydrogen-bond donors (Lipinski definition) is 2. The largest absolute Gasteiger partial charge is 0.356 e. The van der Waals surface area contributed by atoms with E-state index in [0.29, 0.717) is 12.5 Å². The molecule has 1 aromatic heterocycles. The Kier molecular flexibility index (Phi) is 7.34. The summed E-state index contributed by atoms with van der Waals surface area (Å²) in [6, 6.07) is 0. The van der Waals surface area contributed by atoms with Gasteiger partial charge < -0.3 is 10.6 Å². The number of nitrogens with one attached hydrogen (secondary N) is 2. The second-order valence-electron chi connectivity index (χ2n) is 6.45. The fourth-order valence-corrected chi connectivity index (χ4v) is 3.07. The molecule has 0 unspecified atom stereocenters. The zero-order chi connectivity index (χ0) is 17.4. The van der Waals surface area contributed by atoms with Crippen molar-refractivity contribution in [2.45, 2.75) is 65.5 Å². The number of nitrogens with zero attached hydrogens (tertiary/aromatic N) is 4. The summed E-state index contributed by atoms with van der Waals surface area (Å²) in [7, 11) is 1.79. The van der Waals surface area contributed by atoms with Crippen molar-refractivity contribution in [1.29, 1.82) is 0 Å². The molecule has 1 aromatic rings. The van der Waals surface area contributed by atoms with Crippen molar-refractivity contribution in [3.8, 4) is 0 Å². The van der Waals surface area contributed by atoms with Crippen LogP contribution in [0, 0.1) is 5.92 Å². The van der Waals surface area contributed by atoms with Gasteiger partial charge in [0.2, 0.25) is 0 Å². The highest BCUT2D eigenvalue weighted by Crippen LogP contribution is 2.09. The number of hydrogen-bond acceptors (Lipinski definition) is 3. The summed E-state index contributed by atoms with van der Waals surface area (Å²) in [6.07, 6.45) is 6.34. The van der Waals surface area contributed by atoms with Gasteiger partial charge in [0.05, 0.1) is 0 Å². The van der Waals surface area contributed by atoms with Gasteiger partial charge in [0.15, 0.2) is 5.96 Å². The van der Waals surface area contributed by atoms with E-state index in [2.05, 4.69) is 34.6 Å². The lowest BCUT2D eigenvalue weighted by Gasteiger charge is -2.16. The minimum Gasteiger partial charge on any atom is -0.356 e. The molecule has 2 N–H and O–H groups in total. The SMILES string of the molecule is CCC(CC)CNC(=NC)NCCCn1nc2n(c1=O)CCCC2. The van der Waals surface area contributed by atoms with Crippen LogP contribution >= 0.6 is 0 Å². The van der Waals surface area contributed by atoms with Gasteiger partial charge in [-0.3, -0.25) is 9.56 Å². The second kappa shape index (κ2) is 9.49. The van der Waals surface area contributed by atoms with E-state index < -0.39 is 0 Å². The van der Waals surface area contributed by atoms with E-state index in [1.165, 1.54) is 12.8 Å². The Balaban J connectivity index is 1.74. The van der Waals surface area contributed by atoms with Gasteiger partial charge in [0, 0.05) is 39.6 Å². The molecule has 0 radical (unpaired) electrons. The molecule has 136 valence electrons. The predicted molar refractivity (Wildman–Crippen MR) is 97.5 cm³/mol. The molecule has 0 fully saturated rings. The molecule has 1 aliphatic rings. The normalized spacial score (nSPS) is 14.8.